The molecule has 3 nitrogen and oxygen atoms in total. The highest BCUT2D eigenvalue weighted by atomic mass is 16.1. The summed E-state index contributed by atoms with van der Waals surface area (Å²) in [6, 6.07) is 8.86. The van der Waals surface area contributed by atoms with E-state index in [2.05, 4.69) is 41.5 Å². The summed E-state index contributed by atoms with van der Waals surface area (Å²) in [6.07, 6.45) is 9.95. The number of nitrogens with zero attached hydrogens (tertiary/aromatic N) is 1. The van der Waals surface area contributed by atoms with Crippen molar-refractivity contribution in [1.82, 2.24) is 4.90 Å². The fraction of sp³-hybridized carbons (Fsp3) is 0.526. The Hall–Kier alpha value is -1.77. The highest BCUT2D eigenvalue weighted by Gasteiger charge is 2.49. The summed E-state index contributed by atoms with van der Waals surface area (Å²) in [6.45, 7) is 3.46. The molecule has 3 aliphatic rings. The van der Waals surface area contributed by atoms with Gasteiger partial charge in [0, 0.05) is 30.6 Å². The number of hydrogen-bond donors (Lipinski definition) is 1. The molecule has 0 aromatic heterocycles. The van der Waals surface area contributed by atoms with Crippen LogP contribution in [0.5, 0.6) is 0 Å². The number of nitrogens with one attached hydrogen (secondary N) is 1. The molecule has 0 unspecified atom stereocenters. The Morgan fingerprint density at radius 2 is 2.18 bits per heavy atom. The number of fused-ring (bicyclic) bond motifs is 2. The van der Waals surface area contributed by atoms with Crippen molar-refractivity contribution in [3.8, 4) is 0 Å². The highest BCUT2D eigenvalue weighted by Crippen LogP contribution is 2.52. The average molecular weight is 296 g/mol. The second-order valence-corrected chi connectivity index (χ2v) is 7.00. The number of para-hydroxylation sites is 1. The van der Waals surface area contributed by atoms with Crippen LogP contribution in [0.4, 0.5) is 5.69 Å². The molecule has 1 amide bonds. The minimum atomic E-state index is 0.168. The van der Waals surface area contributed by atoms with Crippen LogP contribution in [0, 0.1) is 5.41 Å². The molecule has 22 heavy (non-hydrogen) atoms. The van der Waals surface area contributed by atoms with E-state index in [-0.39, 0.29) is 11.3 Å². The Bertz CT molecular complexity index is 624. The molecule has 0 radical (unpaired) electrons. The van der Waals surface area contributed by atoms with Crippen LogP contribution >= 0.6 is 0 Å². The van der Waals surface area contributed by atoms with Crippen LogP contribution in [0.25, 0.3) is 0 Å². The van der Waals surface area contributed by atoms with Gasteiger partial charge in [-0.3, -0.25) is 4.79 Å². The third-order valence-electron chi connectivity index (χ3n) is 6.05. The lowest BCUT2D eigenvalue weighted by Gasteiger charge is -2.50. The normalized spacial score (nSPS) is 33.3. The summed E-state index contributed by atoms with van der Waals surface area (Å²) in [4.78, 5) is 14.9. The Balaban J connectivity index is 1.86. The van der Waals surface area contributed by atoms with Gasteiger partial charge in [-0.05, 0) is 48.9 Å². The topological polar surface area (TPSA) is 32.3 Å². The molecule has 1 saturated heterocycles. The third kappa shape index (κ3) is 1.98. The highest BCUT2D eigenvalue weighted by molar-refractivity contribution is 5.92. The number of benzene rings is 1. The fourth-order valence-electron chi connectivity index (χ4n) is 4.90. The molecule has 1 fully saturated rings. The van der Waals surface area contributed by atoms with Crippen LogP contribution in [0.3, 0.4) is 0 Å². The summed E-state index contributed by atoms with van der Waals surface area (Å²) in [5, 5.41) is 3.14. The molecule has 3 aliphatic heterocycles. The minimum Gasteiger partial charge on any atom is -0.373 e. The van der Waals surface area contributed by atoms with Crippen molar-refractivity contribution in [3.05, 3.63) is 42.1 Å². The van der Waals surface area contributed by atoms with Gasteiger partial charge >= 0.3 is 0 Å². The summed E-state index contributed by atoms with van der Waals surface area (Å²) >= 11 is 0. The van der Waals surface area contributed by atoms with Gasteiger partial charge in [0.1, 0.15) is 0 Å². The summed E-state index contributed by atoms with van der Waals surface area (Å²) in [5.74, 6) is 0.566. The standard InChI is InChI=1S/C19H24N2O/c1-2-19-10-5-12-21-13-9-15(18(19)21)14-6-3-4-7-16(14)20-17(22)8-11-19/h3-4,6-7,9,13,15,18H,2,5,8,10-12H2,1H3,(H,20,22)/t15-,18+,19-/m1/s1. The molecule has 1 aromatic rings. The van der Waals surface area contributed by atoms with Crippen molar-refractivity contribution in [2.24, 2.45) is 5.41 Å². The van der Waals surface area contributed by atoms with Gasteiger partial charge in [0.05, 0.1) is 0 Å². The quantitative estimate of drug-likeness (QED) is 0.852. The van der Waals surface area contributed by atoms with Crippen molar-refractivity contribution in [2.75, 3.05) is 11.9 Å². The Labute approximate surface area is 132 Å². The van der Waals surface area contributed by atoms with Gasteiger partial charge in [0.25, 0.3) is 0 Å². The van der Waals surface area contributed by atoms with Crippen molar-refractivity contribution >= 4 is 11.6 Å². The van der Waals surface area contributed by atoms with E-state index < -0.39 is 0 Å². The number of carbonyl (C=O) groups excluding carboxylic acids is 1. The van der Waals surface area contributed by atoms with E-state index in [4.69, 9.17) is 0 Å². The zero-order valence-corrected chi connectivity index (χ0v) is 13.2. The van der Waals surface area contributed by atoms with Crippen molar-refractivity contribution in [3.63, 3.8) is 0 Å². The molecule has 0 spiro atoms. The first-order valence-corrected chi connectivity index (χ1v) is 8.56. The Morgan fingerprint density at radius 1 is 1.32 bits per heavy atom. The monoisotopic (exact) mass is 296 g/mol. The van der Waals surface area contributed by atoms with Crippen LogP contribution in [-0.4, -0.2) is 23.4 Å². The molecule has 4 rings (SSSR count). The minimum absolute atomic E-state index is 0.168. The third-order valence-corrected chi connectivity index (χ3v) is 6.05. The predicted octanol–water partition coefficient (Wildman–Crippen LogP) is 3.89. The molecular formula is C19H24N2O. The average Bonchev–Trinajstić information content (AvgIpc) is 2.99. The number of rotatable bonds is 1. The number of amides is 1. The smallest absolute Gasteiger partial charge is 0.224 e. The van der Waals surface area contributed by atoms with Gasteiger partial charge in [-0.25, -0.2) is 0 Å². The molecule has 1 aromatic carbocycles. The van der Waals surface area contributed by atoms with Crippen LogP contribution in [0.1, 0.15) is 50.5 Å². The molecule has 0 aliphatic carbocycles. The fourth-order valence-corrected chi connectivity index (χ4v) is 4.90. The van der Waals surface area contributed by atoms with Gasteiger partial charge in [-0.15, -0.1) is 0 Å². The molecule has 3 atom stereocenters. The zero-order chi connectivity index (χ0) is 15.2. The van der Waals surface area contributed by atoms with E-state index in [1.54, 1.807) is 0 Å². The van der Waals surface area contributed by atoms with Crippen molar-refractivity contribution in [2.45, 2.75) is 51.0 Å². The Morgan fingerprint density at radius 3 is 3.05 bits per heavy atom. The van der Waals surface area contributed by atoms with Gasteiger partial charge in [-0.1, -0.05) is 31.2 Å². The molecule has 3 heterocycles. The SMILES string of the molecule is CC[C@@]12CCCN3C=C[C@H](c4ccccc4NC(=O)CC1)[C@H]32. The molecule has 3 heteroatoms. The predicted molar refractivity (Wildman–Crippen MR) is 88.6 cm³/mol. The maximum atomic E-state index is 12.3. The lowest BCUT2D eigenvalue weighted by atomic mass is 9.64. The first-order chi connectivity index (χ1) is 10.7. The van der Waals surface area contributed by atoms with E-state index in [1.807, 2.05) is 12.1 Å². The number of carbonyl (C=O) groups is 1. The maximum Gasteiger partial charge on any atom is 0.224 e. The van der Waals surface area contributed by atoms with E-state index in [9.17, 15) is 4.79 Å². The maximum absolute atomic E-state index is 12.3. The summed E-state index contributed by atoms with van der Waals surface area (Å²) in [7, 11) is 0. The van der Waals surface area contributed by atoms with Crippen LogP contribution in [0.15, 0.2) is 36.5 Å². The van der Waals surface area contributed by atoms with Gasteiger partial charge in [0.15, 0.2) is 0 Å². The van der Waals surface area contributed by atoms with Gasteiger partial charge in [-0.2, -0.15) is 0 Å². The van der Waals surface area contributed by atoms with Crippen LogP contribution < -0.4 is 5.32 Å². The summed E-state index contributed by atoms with van der Waals surface area (Å²) in [5.41, 5.74) is 2.55. The zero-order valence-electron chi connectivity index (χ0n) is 13.2. The summed E-state index contributed by atoms with van der Waals surface area (Å²) < 4.78 is 0. The second-order valence-electron chi connectivity index (χ2n) is 7.00. The number of hydrogen-bond acceptors (Lipinski definition) is 2. The number of anilines is 1. The van der Waals surface area contributed by atoms with Crippen LogP contribution in [-0.2, 0) is 4.79 Å². The lowest BCUT2D eigenvalue weighted by Crippen LogP contribution is -2.50. The largest absolute Gasteiger partial charge is 0.373 e. The molecule has 1 N–H and O–H groups in total. The first kappa shape index (κ1) is 13.9. The lowest BCUT2D eigenvalue weighted by molar-refractivity contribution is -0.117. The van der Waals surface area contributed by atoms with Gasteiger partial charge < -0.3 is 10.2 Å². The Kier molecular flexibility index (Phi) is 3.24. The van der Waals surface area contributed by atoms with Crippen molar-refractivity contribution in [1.29, 1.82) is 0 Å². The second kappa shape index (κ2) is 5.15. The van der Waals surface area contributed by atoms with E-state index in [0.29, 0.717) is 18.4 Å². The van der Waals surface area contributed by atoms with Crippen LogP contribution in [0.2, 0.25) is 0 Å². The number of piperidine rings is 1. The first-order valence-electron chi connectivity index (χ1n) is 8.56. The molecule has 0 bridgehead atoms. The molecular weight excluding hydrogens is 272 g/mol. The molecule has 0 saturated carbocycles. The molecule has 116 valence electrons. The van der Waals surface area contributed by atoms with E-state index in [0.717, 1.165) is 25.1 Å². The van der Waals surface area contributed by atoms with E-state index in [1.165, 1.54) is 18.4 Å². The van der Waals surface area contributed by atoms with Crippen molar-refractivity contribution < 1.29 is 4.79 Å². The van der Waals surface area contributed by atoms with Gasteiger partial charge in [0.2, 0.25) is 5.91 Å². The van der Waals surface area contributed by atoms with E-state index >= 15 is 0 Å².